The Labute approximate surface area is 122 Å². The van der Waals surface area contributed by atoms with E-state index >= 15 is 0 Å². The van der Waals surface area contributed by atoms with Gasteiger partial charge >= 0.3 is 5.97 Å². The number of amides is 1. The van der Waals surface area contributed by atoms with Crippen LogP contribution in [-0.2, 0) is 9.59 Å². The van der Waals surface area contributed by atoms with Crippen LogP contribution in [0.5, 0.6) is 0 Å². The zero-order valence-corrected chi connectivity index (χ0v) is 11.7. The number of rotatable bonds is 3. The van der Waals surface area contributed by atoms with Crippen molar-refractivity contribution in [2.45, 2.75) is 18.6 Å². The summed E-state index contributed by atoms with van der Waals surface area (Å²) in [5.41, 5.74) is -1.10. The predicted molar refractivity (Wildman–Crippen MR) is 72.3 cm³/mol. The number of anilines is 1. The fourth-order valence-corrected chi connectivity index (χ4v) is 3.05. The van der Waals surface area contributed by atoms with Gasteiger partial charge in [0.2, 0.25) is 5.91 Å². The summed E-state index contributed by atoms with van der Waals surface area (Å²) in [6.45, 7) is 1.44. The first kappa shape index (κ1) is 15.4. The molecule has 1 fully saturated rings. The number of thioether (sulfide) groups is 1. The van der Waals surface area contributed by atoms with Crippen molar-refractivity contribution in [3.63, 3.8) is 0 Å². The Morgan fingerprint density at radius 1 is 1.33 bits per heavy atom. The quantitative estimate of drug-likeness (QED) is 0.924. The minimum absolute atomic E-state index is 0.0476. The van der Waals surface area contributed by atoms with E-state index in [1.165, 1.54) is 6.92 Å². The monoisotopic (exact) mass is 315 g/mol. The molecule has 1 atom stereocenters. The minimum Gasteiger partial charge on any atom is -0.478 e. The zero-order valence-electron chi connectivity index (χ0n) is 10.9. The molecule has 1 aliphatic heterocycles. The third-order valence-electron chi connectivity index (χ3n) is 2.98. The van der Waals surface area contributed by atoms with E-state index in [1.54, 1.807) is 0 Å². The molecule has 0 aliphatic carbocycles. The molecule has 8 heteroatoms. The van der Waals surface area contributed by atoms with Crippen LogP contribution in [0.25, 0.3) is 0 Å². The summed E-state index contributed by atoms with van der Waals surface area (Å²) in [5, 5.41) is 8.22. The fraction of sp³-hybridized carbons (Fsp3) is 0.308. The highest BCUT2D eigenvalue weighted by Crippen LogP contribution is 2.31. The summed E-state index contributed by atoms with van der Waals surface area (Å²) in [7, 11) is 0. The Bertz CT molecular complexity index is 635. The van der Waals surface area contributed by atoms with Gasteiger partial charge in [-0.2, -0.15) is 0 Å². The van der Waals surface area contributed by atoms with Crippen molar-refractivity contribution < 1.29 is 28.3 Å². The number of carboxylic acids is 1. The molecule has 1 aromatic carbocycles. The Balaban J connectivity index is 2.30. The number of nitrogens with zero attached hydrogens (tertiary/aromatic N) is 1. The number of hydrogen-bond donors (Lipinski definition) is 1. The molecule has 21 heavy (non-hydrogen) atoms. The molecule has 1 heterocycles. The SMILES string of the molecule is CC(=O)SC1CC(=O)N(c2cc(F)c(C(=O)O)cc2F)C1. The van der Waals surface area contributed by atoms with Gasteiger partial charge in [0.05, 0.1) is 11.3 Å². The highest BCUT2D eigenvalue weighted by Gasteiger charge is 2.34. The van der Waals surface area contributed by atoms with Gasteiger partial charge < -0.3 is 10.0 Å². The molecular formula is C13H11F2NO4S. The molecule has 1 saturated heterocycles. The molecule has 0 spiro atoms. The second-order valence-corrected chi connectivity index (χ2v) is 6.01. The van der Waals surface area contributed by atoms with Crippen LogP contribution < -0.4 is 4.90 Å². The lowest BCUT2D eigenvalue weighted by Crippen LogP contribution is -2.26. The van der Waals surface area contributed by atoms with Crippen molar-refractivity contribution >= 4 is 34.4 Å². The lowest BCUT2D eigenvalue weighted by molar-refractivity contribution is -0.117. The first-order valence-corrected chi connectivity index (χ1v) is 6.87. The number of carbonyl (C=O) groups excluding carboxylic acids is 2. The fourth-order valence-electron chi connectivity index (χ4n) is 2.13. The molecule has 0 aromatic heterocycles. The molecule has 1 aromatic rings. The normalized spacial score (nSPS) is 18.1. The molecule has 2 rings (SSSR count). The summed E-state index contributed by atoms with van der Waals surface area (Å²) in [4.78, 5) is 34.6. The molecule has 1 unspecified atom stereocenters. The molecule has 5 nitrogen and oxygen atoms in total. The third kappa shape index (κ3) is 3.21. The van der Waals surface area contributed by atoms with Crippen molar-refractivity contribution in [3.05, 3.63) is 29.3 Å². The lowest BCUT2D eigenvalue weighted by Gasteiger charge is -2.17. The van der Waals surface area contributed by atoms with Crippen molar-refractivity contribution in [1.29, 1.82) is 0 Å². The van der Waals surface area contributed by atoms with Crippen LogP contribution in [0.1, 0.15) is 23.7 Å². The first-order chi connectivity index (χ1) is 9.79. The highest BCUT2D eigenvalue weighted by molar-refractivity contribution is 8.14. The molecule has 0 radical (unpaired) electrons. The number of aromatic carboxylic acids is 1. The maximum atomic E-state index is 13.9. The number of carboxylic acid groups (broad SMARTS) is 1. The Hall–Kier alpha value is -1.96. The molecule has 1 aliphatic rings. The van der Waals surface area contributed by atoms with Gasteiger partial charge in [-0.1, -0.05) is 11.8 Å². The average molecular weight is 315 g/mol. The molecule has 0 saturated carbocycles. The van der Waals surface area contributed by atoms with Crippen LogP contribution in [0.2, 0.25) is 0 Å². The Morgan fingerprint density at radius 2 is 2.00 bits per heavy atom. The number of benzene rings is 1. The molecule has 112 valence electrons. The van der Waals surface area contributed by atoms with E-state index in [9.17, 15) is 23.2 Å². The van der Waals surface area contributed by atoms with Gasteiger partial charge in [-0.25, -0.2) is 13.6 Å². The summed E-state index contributed by atoms with van der Waals surface area (Å²) >= 11 is 0.971. The second kappa shape index (κ2) is 5.80. The molecule has 1 N–H and O–H groups in total. The highest BCUT2D eigenvalue weighted by atomic mass is 32.2. The topological polar surface area (TPSA) is 74.7 Å². The summed E-state index contributed by atoms with van der Waals surface area (Å²) in [6, 6.07) is 1.24. The lowest BCUT2D eigenvalue weighted by atomic mass is 10.1. The Morgan fingerprint density at radius 3 is 2.57 bits per heavy atom. The second-order valence-electron chi connectivity index (χ2n) is 4.53. The van der Waals surface area contributed by atoms with Gasteiger partial charge in [0.15, 0.2) is 5.12 Å². The van der Waals surface area contributed by atoms with E-state index in [-0.39, 0.29) is 29.0 Å². The van der Waals surface area contributed by atoms with E-state index < -0.39 is 29.1 Å². The van der Waals surface area contributed by atoms with Crippen molar-refractivity contribution in [2.24, 2.45) is 0 Å². The summed E-state index contributed by atoms with van der Waals surface area (Å²) < 4.78 is 27.5. The van der Waals surface area contributed by atoms with Gasteiger partial charge in [0.25, 0.3) is 0 Å². The van der Waals surface area contributed by atoms with Crippen LogP contribution >= 0.6 is 11.8 Å². The zero-order chi connectivity index (χ0) is 15.7. The van der Waals surface area contributed by atoms with Crippen LogP contribution in [0.3, 0.4) is 0 Å². The van der Waals surface area contributed by atoms with E-state index in [4.69, 9.17) is 5.11 Å². The van der Waals surface area contributed by atoms with Gasteiger partial charge in [0.1, 0.15) is 11.6 Å². The number of halogens is 2. The van der Waals surface area contributed by atoms with E-state index in [0.29, 0.717) is 12.1 Å². The minimum atomic E-state index is -1.59. The largest absolute Gasteiger partial charge is 0.478 e. The van der Waals surface area contributed by atoms with Crippen LogP contribution in [0, 0.1) is 11.6 Å². The number of carbonyl (C=O) groups is 3. The summed E-state index contributed by atoms with van der Waals surface area (Å²) in [6.07, 6.45) is 0.0476. The smallest absolute Gasteiger partial charge is 0.338 e. The standard InChI is InChI=1S/C13H11F2NO4S/c1-6(17)21-7-2-12(18)16(5-7)11-4-9(14)8(13(19)20)3-10(11)15/h3-4,7H,2,5H2,1H3,(H,19,20). The first-order valence-electron chi connectivity index (χ1n) is 5.99. The van der Waals surface area contributed by atoms with Crippen LogP contribution in [-0.4, -0.2) is 33.9 Å². The van der Waals surface area contributed by atoms with Crippen molar-refractivity contribution in [3.8, 4) is 0 Å². The molecular weight excluding hydrogens is 304 g/mol. The average Bonchev–Trinajstić information content (AvgIpc) is 2.71. The summed E-state index contributed by atoms with van der Waals surface area (Å²) in [5.74, 6) is -4.13. The maximum Gasteiger partial charge on any atom is 0.338 e. The Kier molecular flexibility index (Phi) is 4.26. The van der Waals surface area contributed by atoms with Crippen molar-refractivity contribution in [1.82, 2.24) is 0 Å². The third-order valence-corrected chi connectivity index (χ3v) is 3.96. The van der Waals surface area contributed by atoms with Gasteiger partial charge in [-0.15, -0.1) is 0 Å². The number of hydrogen-bond acceptors (Lipinski definition) is 4. The van der Waals surface area contributed by atoms with Gasteiger partial charge in [0, 0.05) is 31.2 Å². The predicted octanol–water partition coefficient (Wildman–Crippen LogP) is 2.05. The molecule has 1 amide bonds. The van der Waals surface area contributed by atoms with Crippen LogP contribution in [0.15, 0.2) is 12.1 Å². The van der Waals surface area contributed by atoms with Crippen molar-refractivity contribution in [2.75, 3.05) is 11.4 Å². The van der Waals surface area contributed by atoms with E-state index in [1.807, 2.05) is 0 Å². The maximum absolute atomic E-state index is 13.9. The molecule has 0 bridgehead atoms. The van der Waals surface area contributed by atoms with Crippen LogP contribution in [0.4, 0.5) is 14.5 Å². The van der Waals surface area contributed by atoms with Gasteiger partial charge in [-0.3, -0.25) is 9.59 Å². The van der Waals surface area contributed by atoms with E-state index in [2.05, 4.69) is 0 Å². The van der Waals surface area contributed by atoms with Gasteiger partial charge in [-0.05, 0) is 6.07 Å². The van der Waals surface area contributed by atoms with E-state index in [0.717, 1.165) is 16.7 Å².